The number of halogens is 2. The van der Waals surface area contributed by atoms with Crippen LogP contribution in [0, 0.1) is 11.7 Å². The van der Waals surface area contributed by atoms with Gasteiger partial charge in [0.25, 0.3) is 0 Å². The molecule has 0 saturated heterocycles. The van der Waals surface area contributed by atoms with Gasteiger partial charge in [-0.15, -0.1) is 0 Å². The van der Waals surface area contributed by atoms with Gasteiger partial charge in [0.2, 0.25) is 5.91 Å². The monoisotopic (exact) mass is 258 g/mol. The second-order valence-electron chi connectivity index (χ2n) is 4.06. The number of amides is 1. The van der Waals surface area contributed by atoms with Gasteiger partial charge in [-0.25, -0.2) is 4.39 Å². The van der Waals surface area contributed by atoms with Gasteiger partial charge >= 0.3 is 0 Å². The Morgan fingerprint density at radius 2 is 2.29 bits per heavy atom. The van der Waals surface area contributed by atoms with Crippen molar-refractivity contribution in [2.24, 2.45) is 11.7 Å². The average Bonchev–Trinajstić information content (AvgIpc) is 2.31. The highest BCUT2D eigenvalue weighted by Gasteiger charge is 2.07. The van der Waals surface area contributed by atoms with Crippen molar-refractivity contribution in [3.8, 4) is 0 Å². The van der Waals surface area contributed by atoms with Gasteiger partial charge in [-0.1, -0.05) is 18.5 Å². The summed E-state index contributed by atoms with van der Waals surface area (Å²) in [7, 11) is 0. The van der Waals surface area contributed by atoms with Crippen LogP contribution in [0.3, 0.4) is 0 Å². The van der Waals surface area contributed by atoms with Gasteiger partial charge in [-0.3, -0.25) is 4.79 Å². The number of carbonyl (C=O) groups excluding carboxylic acids is 1. The summed E-state index contributed by atoms with van der Waals surface area (Å²) in [6.45, 7) is 2.54. The molecule has 0 spiro atoms. The van der Waals surface area contributed by atoms with Crippen molar-refractivity contribution >= 4 is 23.2 Å². The molecule has 0 saturated carbocycles. The fourth-order valence-electron chi connectivity index (χ4n) is 1.29. The molecule has 1 atom stereocenters. The molecule has 0 aliphatic rings. The fourth-order valence-corrected chi connectivity index (χ4v) is 1.41. The number of rotatable bonds is 5. The summed E-state index contributed by atoms with van der Waals surface area (Å²) in [6, 6.07) is 4.18. The minimum absolute atomic E-state index is 0.0414. The first kappa shape index (κ1) is 13.9. The first-order valence-electron chi connectivity index (χ1n) is 5.48. The number of hydrogen-bond donors (Lipinski definition) is 2. The average molecular weight is 259 g/mol. The number of anilines is 1. The number of hydrogen-bond acceptors (Lipinski definition) is 2. The van der Waals surface area contributed by atoms with E-state index in [0.717, 1.165) is 6.42 Å². The van der Waals surface area contributed by atoms with Gasteiger partial charge in [0.05, 0.1) is 5.02 Å². The number of nitrogens with one attached hydrogen (secondary N) is 1. The largest absolute Gasteiger partial charge is 0.330 e. The molecule has 0 fully saturated rings. The summed E-state index contributed by atoms with van der Waals surface area (Å²) < 4.78 is 13.1. The molecule has 94 valence electrons. The number of nitrogens with two attached hydrogens (primary N) is 1. The normalized spacial score (nSPS) is 12.2. The lowest BCUT2D eigenvalue weighted by Gasteiger charge is -2.09. The van der Waals surface area contributed by atoms with Gasteiger partial charge in [0, 0.05) is 12.1 Å². The lowest BCUT2D eigenvalue weighted by Crippen LogP contribution is -2.16. The van der Waals surface area contributed by atoms with E-state index in [1.165, 1.54) is 12.1 Å². The molecule has 0 bridgehead atoms. The Labute approximate surface area is 105 Å². The van der Waals surface area contributed by atoms with E-state index in [9.17, 15) is 9.18 Å². The highest BCUT2D eigenvalue weighted by Crippen LogP contribution is 2.19. The van der Waals surface area contributed by atoms with Crippen LogP contribution in [0.5, 0.6) is 0 Å². The molecule has 1 unspecified atom stereocenters. The zero-order valence-electron chi connectivity index (χ0n) is 9.67. The van der Waals surface area contributed by atoms with E-state index in [-0.39, 0.29) is 10.9 Å². The first-order valence-corrected chi connectivity index (χ1v) is 5.85. The lowest BCUT2D eigenvalue weighted by molar-refractivity contribution is -0.116. The van der Waals surface area contributed by atoms with Gasteiger partial charge in [-0.2, -0.15) is 0 Å². The Morgan fingerprint density at radius 3 is 2.88 bits per heavy atom. The SMILES string of the molecule is CC(CN)CCC(=O)Nc1ccc(Cl)c(F)c1. The molecule has 3 N–H and O–H groups in total. The Bertz CT molecular complexity index is 398. The Morgan fingerprint density at radius 1 is 1.59 bits per heavy atom. The van der Waals surface area contributed by atoms with Gasteiger partial charge in [0.15, 0.2) is 0 Å². The molecule has 1 amide bonds. The van der Waals surface area contributed by atoms with E-state index in [1.54, 1.807) is 6.07 Å². The quantitative estimate of drug-likeness (QED) is 0.853. The van der Waals surface area contributed by atoms with Crippen LogP contribution in [0.25, 0.3) is 0 Å². The maximum Gasteiger partial charge on any atom is 0.224 e. The Hall–Kier alpha value is -1.13. The van der Waals surface area contributed by atoms with Gasteiger partial charge in [0.1, 0.15) is 5.82 Å². The fraction of sp³-hybridized carbons (Fsp3) is 0.417. The number of benzene rings is 1. The van der Waals surface area contributed by atoms with E-state index < -0.39 is 5.82 Å². The van der Waals surface area contributed by atoms with Gasteiger partial charge < -0.3 is 11.1 Å². The van der Waals surface area contributed by atoms with E-state index in [4.69, 9.17) is 17.3 Å². The molecule has 0 heterocycles. The minimum atomic E-state index is -0.542. The molecule has 5 heteroatoms. The van der Waals surface area contributed by atoms with Crippen LogP contribution in [0.2, 0.25) is 5.02 Å². The van der Waals surface area contributed by atoms with Crippen molar-refractivity contribution in [2.75, 3.05) is 11.9 Å². The molecular weight excluding hydrogens is 243 g/mol. The molecule has 0 aliphatic heterocycles. The van der Waals surface area contributed by atoms with Crippen LogP contribution < -0.4 is 11.1 Å². The topological polar surface area (TPSA) is 55.1 Å². The maximum atomic E-state index is 13.1. The van der Waals surface area contributed by atoms with Crippen molar-refractivity contribution in [3.05, 3.63) is 29.0 Å². The van der Waals surface area contributed by atoms with E-state index in [1.807, 2.05) is 6.92 Å². The summed E-state index contributed by atoms with van der Waals surface area (Å²) >= 11 is 5.54. The van der Waals surface area contributed by atoms with Crippen molar-refractivity contribution in [3.63, 3.8) is 0 Å². The minimum Gasteiger partial charge on any atom is -0.330 e. The Balaban J connectivity index is 2.48. The molecule has 1 aromatic carbocycles. The van der Waals surface area contributed by atoms with Crippen LogP contribution >= 0.6 is 11.6 Å². The summed E-state index contributed by atoms with van der Waals surface area (Å²) in [5.41, 5.74) is 5.87. The summed E-state index contributed by atoms with van der Waals surface area (Å²) in [5.74, 6) is -0.380. The van der Waals surface area contributed by atoms with E-state index in [0.29, 0.717) is 24.6 Å². The van der Waals surface area contributed by atoms with Crippen molar-refractivity contribution in [2.45, 2.75) is 19.8 Å². The van der Waals surface area contributed by atoms with Crippen LogP contribution in [0.15, 0.2) is 18.2 Å². The zero-order chi connectivity index (χ0) is 12.8. The second-order valence-corrected chi connectivity index (χ2v) is 4.46. The summed E-state index contributed by atoms with van der Waals surface area (Å²) in [4.78, 5) is 11.5. The summed E-state index contributed by atoms with van der Waals surface area (Å²) in [6.07, 6.45) is 1.10. The molecule has 17 heavy (non-hydrogen) atoms. The number of carbonyl (C=O) groups is 1. The molecule has 0 aliphatic carbocycles. The molecule has 1 aromatic rings. The molecular formula is C12H16ClFN2O. The third-order valence-electron chi connectivity index (χ3n) is 2.47. The zero-order valence-corrected chi connectivity index (χ0v) is 10.4. The van der Waals surface area contributed by atoms with Crippen molar-refractivity contribution < 1.29 is 9.18 Å². The second kappa shape index (κ2) is 6.57. The lowest BCUT2D eigenvalue weighted by atomic mass is 10.1. The smallest absolute Gasteiger partial charge is 0.224 e. The van der Waals surface area contributed by atoms with Crippen LogP contribution in [0.1, 0.15) is 19.8 Å². The van der Waals surface area contributed by atoms with Gasteiger partial charge in [-0.05, 0) is 37.1 Å². The van der Waals surface area contributed by atoms with Crippen LogP contribution in [0.4, 0.5) is 10.1 Å². The predicted octanol–water partition coefficient (Wildman–Crippen LogP) is 2.79. The third kappa shape index (κ3) is 4.71. The highest BCUT2D eigenvalue weighted by molar-refractivity contribution is 6.30. The van der Waals surface area contributed by atoms with Crippen LogP contribution in [-0.4, -0.2) is 12.5 Å². The van der Waals surface area contributed by atoms with E-state index in [2.05, 4.69) is 5.32 Å². The molecule has 0 radical (unpaired) electrons. The van der Waals surface area contributed by atoms with Crippen molar-refractivity contribution in [1.82, 2.24) is 0 Å². The maximum absolute atomic E-state index is 13.1. The van der Waals surface area contributed by atoms with E-state index >= 15 is 0 Å². The predicted molar refractivity (Wildman–Crippen MR) is 67.5 cm³/mol. The standard InChI is InChI=1S/C12H16ClFN2O/c1-8(7-15)2-5-12(17)16-9-3-4-10(13)11(14)6-9/h3-4,6,8H,2,5,7,15H2,1H3,(H,16,17). The van der Waals surface area contributed by atoms with Crippen molar-refractivity contribution in [1.29, 1.82) is 0 Å². The highest BCUT2D eigenvalue weighted by atomic mass is 35.5. The molecule has 1 rings (SSSR count). The Kier molecular flexibility index (Phi) is 5.38. The third-order valence-corrected chi connectivity index (χ3v) is 2.78. The summed E-state index contributed by atoms with van der Waals surface area (Å²) in [5, 5.41) is 2.65. The molecule has 3 nitrogen and oxygen atoms in total. The van der Waals surface area contributed by atoms with Crippen LogP contribution in [-0.2, 0) is 4.79 Å². The first-order chi connectivity index (χ1) is 8.02. The molecule has 0 aromatic heterocycles.